The fraction of sp³-hybridized carbons (Fsp3) is 0.533. The lowest BCUT2D eigenvalue weighted by Crippen LogP contribution is -2.34. The number of nitrogens with one attached hydrogen (secondary N) is 1. The van der Waals surface area contributed by atoms with E-state index in [4.69, 9.17) is 15.2 Å². The van der Waals surface area contributed by atoms with Gasteiger partial charge in [-0.25, -0.2) is 0 Å². The van der Waals surface area contributed by atoms with E-state index in [0.717, 1.165) is 12.0 Å². The number of ether oxygens (including phenoxy) is 2. The molecular weight excluding hydrogens is 256 g/mol. The maximum absolute atomic E-state index is 11.6. The zero-order valence-electron chi connectivity index (χ0n) is 12.4. The van der Waals surface area contributed by atoms with E-state index < -0.39 is 0 Å². The molecule has 0 unspecified atom stereocenters. The Hall–Kier alpha value is -1.75. The van der Waals surface area contributed by atoms with E-state index in [0.29, 0.717) is 24.7 Å². The van der Waals surface area contributed by atoms with Gasteiger partial charge in [-0.1, -0.05) is 6.07 Å². The Labute approximate surface area is 120 Å². The average Bonchev–Trinajstić information content (AvgIpc) is 2.38. The third-order valence-electron chi connectivity index (χ3n) is 2.55. The fourth-order valence-electron chi connectivity index (χ4n) is 1.77. The van der Waals surface area contributed by atoms with Crippen molar-refractivity contribution >= 4 is 5.91 Å². The molecular formula is C15H24N2O3. The van der Waals surface area contributed by atoms with Crippen molar-refractivity contribution in [2.45, 2.75) is 33.2 Å². The molecule has 0 aliphatic heterocycles. The molecule has 1 rings (SSSR count). The zero-order chi connectivity index (χ0) is 15.0. The summed E-state index contributed by atoms with van der Waals surface area (Å²) in [5, 5.41) is 2.77. The van der Waals surface area contributed by atoms with Gasteiger partial charge in [-0.3, -0.25) is 4.79 Å². The molecule has 0 fully saturated rings. The van der Waals surface area contributed by atoms with Gasteiger partial charge in [0.2, 0.25) is 0 Å². The Morgan fingerprint density at radius 3 is 2.65 bits per heavy atom. The Bertz CT molecular complexity index is 433. The molecule has 0 aliphatic carbocycles. The first-order valence-electron chi connectivity index (χ1n) is 6.94. The summed E-state index contributed by atoms with van der Waals surface area (Å²) in [5.74, 6) is 1.08. The summed E-state index contributed by atoms with van der Waals surface area (Å²) in [4.78, 5) is 11.6. The highest BCUT2D eigenvalue weighted by molar-refractivity contribution is 5.77. The predicted octanol–water partition coefficient (Wildman–Crippen LogP) is 1.49. The SMILES string of the molecule is CCOc1cc(CCN)ccc1OCC(=O)NC(C)C. The van der Waals surface area contributed by atoms with Crippen molar-refractivity contribution in [3.63, 3.8) is 0 Å². The number of rotatable bonds is 8. The first-order valence-corrected chi connectivity index (χ1v) is 6.94. The molecule has 0 radical (unpaired) electrons. The van der Waals surface area contributed by atoms with E-state index in [2.05, 4.69) is 5.32 Å². The minimum absolute atomic E-state index is 0.0194. The lowest BCUT2D eigenvalue weighted by Gasteiger charge is -2.14. The van der Waals surface area contributed by atoms with Crippen LogP contribution in [0.2, 0.25) is 0 Å². The van der Waals surface area contributed by atoms with Crippen molar-refractivity contribution < 1.29 is 14.3 Å². The van der Waals surface area contributed by atoms with Crippen LogP contribution in [0.5, 0.6) is 11.5 Å². The summed E-state index contributed by atoms with van der Waals surface area (Å²) in [6.07, 6.45) is 0.786. The Morgan fingerprint density at radius 2 is 2.05 bits per heavy atom. The number of carbonyl (C=O) groups is 1. The van der Waals surface area contributed by atoms with Crippen molar-refractivity contribution in [2.75, 3.05) is 19.8 Å². The van der Waals surface area contributed by atoms with Crippen molar-refractivity contribution in [3.8, 4) is 11.5 Å². The minimum Gasteiger partial charge on any atom is -0.490 e. The minimum atomic E-state index is -0.145. The van der Waals surface area contributed by atoms with E-state index in [1.54, 1.807) is 0 Å². The summed E-state index contributed by atoms with van der Waals surface area (Å²) in [6, 6.07) is 5.76. The van der Waals surface area contributed by atoms with Crippen molar-refractivity contribution in [1.29, 1.82) is 0 Å². The summed E-state index contributed by atoms with van der Waals surface area (Å²) in [6.45, 7) is 6.83. The summed E-state index contributed by atoms with van der Waals surface area (Å²) < 4.78 is 11.1. The number of nitrogens with two attached hydrogens (primary N) is 1. The molecule has 1 amide bonds. The average molecular weight is 280 g/mol. The summed E-state index contributed by atoms with van der Waals surface area (Å²) in [5.41, 5.74) is 6.63. The first-order chi connectivity index (χ1) is 9.56. The summed E-state index contributed by atoms with van der Waals surface area (Å²) >= 11 is 0. The van der Waals surface area contributed by atoms with E-state index in [9.17, 15) is 4.79 Å². The van der Waals surface area contributed by atoms with Crippen LogP contribution in [0.15, 0.2) is 18.2 Å². The van der Waals surface area contributed by atoms with Gasteiger partial charge in [0.05, 0.1) is 6.61 Å². The molecule has 0 heterocycles. The molecule has 1 aromatic carbocycles. The van der Waals surface area contributed by atoms with Gasteiger partial charge >= 0.3 is 0 Å². The van der Waals surface area contributed by atoms with Crippen LogP contribution in [-0.4, -0.2) is 31.7 Å². The molecule has 1 aromatic rings. The second-order valence-electron chi connectivity index (χ2n) is 4.76. The molecule has 0 aliphatic rings. The maximum atomic E-state index is 11.6. The molecule has 3 N–H and O–H groups in total. The van der Waals surface area contributed by atoms with Crippen molar-refractivity contribution in [1.82, 2.24) is 5.32 Å². The second-order valence-corrected chi connectivity index (χ2v) is 4.76. The highest BCUT2D eigenvalue weighted by Gasteiger charge is 2.09. The molecule has 112 valence electrons. The van der Waals surface area contributed by atoms with Crippen molar-refractivity contribution in [3.05, 3.63) is 23.8 Å². The molecule has 5 heteroatoms. The van der Waals surface area contributed by atoms with E-state index >= 15 is 0 Å². The quantitative estimate of drug-likeness (QED) is 0.756. The smallest absolute Gasteiger partial charge is 0.258 e. The van der Waals surface area contributed by atoms with Crippen LogP contribution in [0.3, 0.4) is 0 Å². The van der Waals surface area contributed by atoms with Gasteiger partial charge in [-0.15, -0.1) is 0 Å². The molecule has 0 spiro atoms. The van der Waals surface area contributed by atoms with Gasteiger partial charge in [0.1, 0.15) is 0 Å². The van der Waals surface area contributed by atoms with Crippen LogP contribution >= 0.6 is 0 Å². The Balaban J connectivity index is 2.70. The van der Waals surface area contributed by atoms with Gasteiger partial charge in [0.25, 0.3) is 5.91 Å². The van der Waals surface area contributed by atoms with Gasteiger partial charge < -0.3 is 20.5 Å². The molecule has 0 aromatic heterocycles. The first kappa shape index (κ1) is 16.3. The highest BCUT2D eigenvalue weighted by Crippen LogP contribution is 2.28. The second kappa shape index (κ2) is 8.43. The largest absolute Gasteiger partial charge is 0.490 e. The number of hydrogen-bond donors (Lipinski definition) is 2. The van der Waals surface area contributed by atoms with Gasteiger partial charge in [-0.05, 0) is 51.4 Å². The standard InChI is InChI=1S/C15H24N2O3/c1-4-19-14-9-12(7-8-16)5-6-13(14)20-10-15(18)17-11(2)3/h5-6,9,11H,4,7-8,10,16H2,1-3H3,(H,17,18). The molecule has 0 saturated heterocycles. The number of carbonyl (C=O) groups excluding carboxylic acids is 1. The third kappa shape index (κ3) is 5.48. The van der Waals surface area contributed by atoms with Crippen LogP contribution in [0, 0.1) is 0 Å². The highest BCUT2D eigenvalue weighted by atomic mass is 16.5. The molecule has 0 saturated carbocycles. The lowest BCUT2D eigenvalue weighted by molar-refractivity contribution is -0.123. The van der Waals surface area contributed by atoms with Crippen LogP contribution in [0.25, 0.3) is 0 Å². The summed E-state index contributed by atoms with van der Waals surface area (Å²) in [7, 11) is 0. The lowest BCUT2D eigenvalue weighted by atomic mass is 10.1. The fourth-order valence-corrected chi connectivity index (χ4v) is 1.77. The number of amides is 1. The predicted molar refractivity (Wildman–Crippen MR) is 79.1 cm³/mol. The molecule has 0 atom stereocenters. The molecule has 0 bridgehead atoms. The van der Waals surface area contributed by atoms with E-state index in [-0.39, 0.29) is 18.6 Å². The third-order valence-corrected chi connectivity index (χ3v) is 2.55. The molecule has 20 heavy (non-hydrogen) atoms. The monoisotopic (exact) mass is 280 g/mol. The van der Waals surface area contributed by atoms with Crippen LogP contribution in [-0.2, 0) is 11.2 Å². The normalized spacial score (nSPS) is 10.4. The van der Waals surface area contributed by atoms with E-state index in [1.807, 2.05) is 39.0 Å². The van der Waals surface area contributed by atoms with Gasteiger partial charge in [0, 0.05) is 6.04 Å². The molecule has 5 nitrogen and oxygen atoms in total. The Kier molecular flexibility index (Phi) is 6.87. The topological polar surface area (TPSA) is 73.6 Å². The maximum Gasteiger partial charge on any atom is 0.258 e. The van der Waals surface area contributed by atoms with Gasteiger partial charge in [-0.2, -0.15) is 0 Å². The van der Waals surface area contributed by atoms with Gasteiger partial charge in [0.15, 0.2) is 18.1 Å². The number of hydrogen-bond acceptors (Lipinski definition) is 4. The zero-order valence-corrected chi connectivity index (χ0v) is 12.4. The van der Waals surface area contributed by atoms with Crippen LogP contribution in [0.4, 0.5) is 0 Å². The van der Waals surface area contributed by atoms with Crippen LogP contribution < -0.4 is 20.5 Å². The van der Waals surface area contributed by atoms with Crippen LogP contribution in [0.1, 0.15) is 26.3 Å². The Morgan fingerprint density at radius 1 is 1.30 bits per heavy atom. The van der Waals surface area contributed by atoms with Crippen molar-refractivity contribution in [2.24, 2.45) is 5.73 Å². The number of benzene rings is 1. The van der Waals surface area contributed by atoms with E-state index in [1.165, 1.54) is 0 Å².